The molecule has 1 saturated heterocycles. The summed E-state index contributed by atoms with van der Waals surface area (Å²) in [5.41, 5.74) is 7.39. The van der Waals surface area contributed by atoms with Crippen molar-refractivity contribution in [3.63, 3.8) is 0 Å². The van der Waals surface area contributed by atoms with Gasteiger partial charge in [-0.1, -0.05) is 24.3 Å². The van der Waals surface area contributed by atoms with Crippen molar-refractivity contribution >= 4 is 0 Å². The maximum absolute atomic E-state index is 14.6. The molecule has 1 aromatic rings. The molecule has 0 radical (unpaired) electrons. The molecule has 0 saturated carbocycles. The van der Waals surface area contributed by atoms with E-state index in [9.17, 15) is 4.39 Å². The lowest BCUT2D eigenvalue weighted by Crippen LogP contribution is -2.34. The molecule has 2 rings (SSSR count). The minimum absolute atomic E-state index is 0.112. The molecule has 0 bridgehead atoms. The number of benzene rings is 1. The third kappa shape index (κ3) is 2.85. The predicted octanol–water partition coefficient (Wildman–Crippen LogP) is 2.50. The number of likely N-dealkylation sites (tertiary alicyclic amines) is 1. The van der Waals surface area contributed by atoms with Gasteiger partial charge in [0.15, 0.2) is 0 Å². The Kier molecular flexibility index (Phi) is 4.13. The molecule has 17 heavy (non-hydrogen) atoms. The van der Waals surface area contributed by atoms with Crippen LogP contribution < -0.4 is 5.73 Å². The molecule has 0 aliphatic carbocycles. The van der Waals surface area contributed by atoms with Crippen molar-refractivity contribution in [2.45, 2.75) is 25.6 Å². The fourth-order valence-electron chi connectivity index (χ4n) is 2.69. The summed E-state index contributed by atoms with van der Waals surface area (Å²) in [4.78, 5) is 2.21. The number of piperidine rings is 1. The van der Waals surface area contributed by atoms with Gasteiger partial charge >= 0.3 is 0 Å². The number of nitrogens with two attached hydrogens (primary N) is 1. The van der Waals surface area contributed by atoms with Crippen LogP contribution >= 0.6 is 0 Å². The Morgan fingerprint density at radius 2 is 2.24 bits per heavy atom. The smallest absolute Gasteiger partial charge is 0.129 e. The first kappa shape index (κ1) is 12.5. The highest BCUT2D eigenvalue weighted by atomic mass is 19.1. The van der Waals surface area contributed by atoms with Crippen molar-refractivity contribution in [3.8, 4) is 0 Å². The predicted molar refractivity (Wildman–Crippen MR) is 68.4 cm³/mol. The summed E-state index contributed by atoms with van der Waals surface area (Å²) in [7, 11) is 2.06. The van der Waals surface area contributed by atoms with Gasteiger partial charge in [0.2, 0.25) is 0 Å². The van der Waals surface area contributed by atoms with Crippen LogP contribution in [0.1, 0.15) is 30.1 Å². The first-order valence-electron chi connectivity index (χ1n) is 6.33. The zero-order valence-electron chi connectivity index (χ0n) is 10.4. The number of rotatable bonds is 3. The Balaban J connectivity index is 2.15. The van der Waals surface area contributed by atoms with Gasteiger partial charge < -0.3 is 10.6 Å². The zero-order valence-corrected chi connectivity index (χ0v) is 10.4. The summed E-state index contributed by atoms with van der Waals surface area (Å²) in [6, 6.07) is 7.62. The van der Waals surface area contributed by atoms with Crippen molar-refractivity contribution in [3.05, 3.63) is 35.4 Å². The van der Waals surface area contributed by atoms with Gasteiger partial charge in [0, 0.05) is 19.0 Å². The molecule has 1 fully saturated rings. The molecule has 2 nitrogen and oxygen atoms in total. The number of hydrogen-bond acceptors (Lipinski definition) is 2. The Labute approximate surface area is 103 Å². The van der Waals surface area contributed by atoms with Gasteiger partial charge in [-0.3, -0.25) is 0 Å². The van der Waals surface area contributed by atoms with E-state index in [1.165, 1.54) is 0 Å². The van der Waals surface area contributed by atoms with E-state index in [4.69, 9.17) is 5.73 Å². The minimum Gasteiger partial charge on any atom is -0.326 e. The van der Waals surface area contributed by atoms with E-state index in [-0.39, 0.29) is 5.92 Å². The number of alkyl halides is 1. The van der Waals surface area contributed by atoms with Crippen LogP contribution in [0.2, 0.25) is 0 Å². The standard InChI is InChI=1S/C14H21FN2/c1-17-8-4-6-12(10-17)14(15)13-7-3-2-5-11(13)9-16/h2-3,5,7,12,14H,4,6,8-10,16H2,1H3. The molecular formula is C14H21FN2. The Hall–Kier alpha value is -0.930. The maximum atomic E-state index is 14.6. The average Bonchev–Trinajstić information content (AvgIpc) is 2.38. The van der Waals surface area contributed by atoms with Crippen molar-refractivity contribution in [1.29, 1.82) is 0 Å². The van der Waals surface area contributed by atoms with Crippen LogP contribution in [0.25, 0.3) is 0 Å². The summed E-state index contributed by atoms with van der Waals surface area (Å²) in [5.74, 6) is 0.112. The van der Waals surface area contributed by atoms with Gasteiger partial charge in [-0.25, -0.2) is 4.39 Å². The van der Waals surface area contributed by atoms with Crippen molar-refractivity contribution < 1.29 is 4.39 Å². The molecule has 2 atom stereocenters. The van der Waals surface area contributed by atoms with Crippen LogP contribution in [-0.4, -0.2) is 25.0 Å². The van der Waals surface area contributed by atoms with Crippen molar-refractivity contribution in [2.75, 3.05) is 20.1 Å². The molecule has 2 unspecified atom stereocenters. The summed E-state index contributed by atoms with van der Waals surface area (Å²) >= 11 is 0. The fraction of sp³-hybridized carbons (Fsp3) is 0.571. The first-order valence-corrected chi connectivity index (χ1v) is 6.33. The van der Waals surface area contributed by atoms with Crippen LogP contribution in [0.4, 0.5) is 4.39 Å². The largest absolute Gasteiger partial charge is 0.326 e. The SMILES string of the molecule is CN1CCCC(C(F)c2ccccc2CN)C1. The summed E-state index contributed by atoms with van der Waals surface area (Å²) in [6.45, 7) is 2.35. The second kappa shape index (κ2) is 5.61. The highest BCUT2D eigenvalue weighted by molar-refractivity contribution is 5.29. The van der Waals surface area contributed by atoms with Gasteiger partial charge in [0.1, 0.15) is 6.17 Å². The summed E-state index contributed by atoms with van der Waals surface area (Å²) in [6.07, 6.45) is 1.19. The van der Waals surface area contributed by atoms with E-state index < -0.39 is 6.17 Å². The van der Waals surface area contributed by atoms with E-state index in [1.807, 2.05) is 24.3 Å². The highest BCUT2D eigenvalue weighted by Crippen LogP contribution is 2.34. The summed E-state index contributed by atoms with van der Waals surface area (Å²) < 4.78 is 14.6. The molecule has 0 amide bonds. The molecule has 1 heterocycles. The highest BCUT2D eigenvalue weighted by Gasteiger charge is 2.27. The van der Waals surface area contributed by atoms with Gasteiger partial charge in [-0.15, -0.1) is 0 Å². The second-order valence-electron chi connectivity index (χ2n) is 4.97. The second-order valence-corrected chi connectivity index (χ2v) is 4.97. The number of nitrogens with zero attached hydrogens (tertiary/aromatic N) is 1. The van der Waals surface area contributed by atoms with Gasteiger partial charge in [0.25, 0.3) is 0 Å². The molecule has 3 heteroatoms. The molecule has 0 spiro atoms. The third-order valence-corrected chi connectivity index (χ3v) is 3.65. The fourth-order valence-corrected chi connectivity index (χ4v) is 2.69. The molecule has 2 N–H and O–H groups in total. The molecular weight excluding hydrogens is 215 g/mol. The third-order valence-electron chi connectivity index (χ3n) is 3.65. The zero-order chi connectivity index (χ0) is 12.3. The molecule has 1 aliphatic heterocycles. The van der Waals surface area contributed by atoms with Crippen LogP contribution in [-0.2, 0) is 6.54 Å². The first-order chi connectivity index (χ1) is 8.22. The molecule has 94 valence electrons. The molecule has 1 aliphatic rings. The maximum Gasteiger partial charge on any atom is 0.129 e. The van der Waals surface area contributed by atoms with Crippen LogP contribution in [0.5, 0.6) is 0 Å². The lowest BCUT2D eigenvalue weighted by atomic mass is 9.88. The van der Waals surface area contributed by atoms with E-state index in [2.05, 4.69) is 11.9 Å². The minimum atomic E-state index is -0.877. The Morgan fingerprint density at radius 1 is 1.47 bits per heavy atom. The Bertz CT molecular complexity index is 367. The number of hydrogen-bond donors (Lipinski definition) is 1. The van der Waals surface area contributed by atoms with E-state index in [1.54, 1.807) is 0 Å². The van der Waals surface area contributed by atoms with Crippen LogP contribution in [0, 0.1) is 5.92 Å². The Morgan fingerprint density at radius 3 is 2.94 bits per heavy atom. The lowest BCUT2D eigenvalue weighted by Gasteiger charge is -2.32. The quantitative estimate of drug-likeness (QED) is 0.873. The van der Waals surface area contributed by atoms with E-state index in [0.717, 1.165) is 37.1 Å². The molecule has 0 aromatic heterocycles. The topological polar surface area (TPSA) is 29.3 Å². The normalized spacial score (nSPS) is 23.6. The van der Waals surface area contributed by atoms with Crippen molar-refractivity contribution in [2.24, 2.45) is 11.7 Å². The monoisotopic (exact) mass is 236 g/mol. The van der Waals surface area contributed by atoms with Crippen LogP contribution in [0.3, 0.4) is 0 Å². The van der Waals surface area contributed by atoms with E-state index >= 15 is 0 Å². The van der Waals surface area contributed by atoms with Crippen molar-refractivity contribution in [1.82, 2.24) is 4.90 Å². The average molecular weight is 236 g/mol. The van der Waals surface area contributed by atoms with E-state index in [0.29, 0.717) is 6.54 Å². The van der Waals surface area contributed by atoms with Crippen LogP contribution in [0.15, 0.2) is 24.3 Å². The van der Waals surface area contributed by atoms with Gasteiger partial charge in [0.05, 0.1) is 0 Å². The van der Waals surface area contributed by atoms with Gasteiger partial charge in [-0.2, -0.15) is 0 Å². The molecule has 1 aromatic carbocycles. The lowest BCUT2D eigenvalue weighted by molar-refractivity contribution is 0.126. The van der Waals surface area contributed by atoms with Gasteiger partial charge in [-0.05, 0) is 37.6 Å². The number of halogens is 1. The summed E-state index contributed by atoms with van der Waals surface area (Å²) in [5, 5.41) is 0.